The van der Waals surface area contributed by atoms with Crippen molar-refractivity contribution in [2.75, 3.05) is 0 Å². The van der Waals surface area contributed by atoms with Crippen LogP contribution in [0.2, 0.25) is 0 Å². The Morgan fingerprint density at radius 2 is 2.12 bits per heavy atom. The summed E-state index contributed by atoms with van der Waals surface area (Å²) in [6.45, 7) is 0.391. The van der Waals surface area contributed by atoms with Crippen molar-refractivity contribution in [3.8, 4) is 5.82 Å². The van der Waals surface area contributed by atoms with Crippen LogP contribution in [0.4, 0.5) is 0 Å². The third kappa shape index (κ3) is 3.60. The van der Waals surface area contributed by atoms with Gasteiger partial charge in [-0.3, -0.25) is 4.79 Å². The lowest BCUT2D eigenvalue weighted by atomic mass is 10.2. The molecule has 1 N–H and O–H groups in total. The number of rotatable bonds is 6. The lowest BCUT2D eigenvalue weighted by molar-refractivity contribution is -0.121. The molecule has 0 radical (unpaired) electrons. The van der Waals surface area contributed by atoms with E-state index in [4.69, 9.17) is 0 Å². The maximum Gasteiger partial charge on any atom is 0.220 e. The average Bonchev–Trinajstić information content (AvgIpc) is 3.34. The van der Waals surface area contributed by atoms with Crippen molar-refractivity contribution in [3.63, 3.8) is 0 Å². The summed E-state index contributed by atoms with van der Waals surface area (Å²) in [4.78, 5) is 25.0. The molecule has 0 unspecified atom stereocenters. The van der Waals surface area contributed by atoms with E-state index in [1.54, 1.807) is 28.5 Å². The number of pyridine rings is 1. The van der Waals surface area contributed by atoms with Gasteiger partial charge >= 0.3 is 0 Å². The molecule has 8 heteroatoms. The van der Waals surface area contributed by atoms with E-state index < -0.39 is 0 Å². The van der Waals surface area contributed by atoms with Gasteiger partial charge in [0.05, 0.1) is 15.2 Å². The normalized spacial score (nSPS) is 10.9. The number of hydrogen-bond donors (Lipinski definition) is 1. The maximum atomic E-state index is 12.2. The van der Waals surface area contributed by atoms with Gasteiger partial charge in [0.25, 0.3) is 0 Å². The quantitative estimate of drug-likeness (QED) is 0.568. The predicted molar refractivity (Wildman–Crippen MR) is 98.9 cm³/mol. The van der Waals surface area contributed by atoms with E-state index in [9.17, 15) is 4.79 Å². The predicted octanol–water partition coefficient (Wildman–Crippen LogP) is 2.52. The second kappa shape index (κ2) is 7.40. The Balaban J connectivity index is 1.36. The number of amides is 1. The molecule has 3 heterocycles. The standard InChI is InChI=1S/C18H16N6OS/c25-16(7-8-17-23-14-5-1-2-6-15(14)26-17)21-10-13-4-3-9-20-18(13)24-12-19-11-22-24/h1-6,9,11-12H,7-8,10H2,(H,21,25). The van der Waals surface area contributed by atoms with Gasteiger partial charge in [0.1, 0.15) is 12.7 Å². The highest BCUT2D eigenvalue weighted by molar-refractivity contribution is 7.18. The minimum Gasteiger partial charge on any atom is -0.352 e. The van der Waals surface area contributed by atoms with Crippen molar-refractivity contribution in [1.29, 1.82) is 0 Å². The lowest BCUT2D eigenvalue weighted by Gasteiger charge is -2.09. The first-order valence-electron chi connectivity index (χ1n) is 8.19. The molecule has 130 valence electrons. The Bertz CT molecular complexity index is 994. The van der Waals surface area contributed by atoms with Crippen LogP contribution in [0, 0.1) is 0 Å². The van der Waals surface area contributed by atoms with E-state index in [0.717, 1.165) is 20.8 Å². The van der Waals surface area contributed by atoms with E-state index >= 15 is 0 Å². The number of nitrogens with zero attached hydrogens (tertiary/aromatic N) is 5. The summed E-state index contributed by atoms with van der Waals surface area (Å²) in [5.41, 5.74) is 1.87. The van der Waals surface area contributed by atoms with Gasteiger partial charge in [0.15, 0.2) is 5.82 Å². The zero-order valence-corrected chi connectivity index (χ0v) is 14.7. The summed E-state index contributed by atoms with van der Waals surface area (Å²) in [5.74, 6) is 0.647. The molecule has 0 spiro atoms. The first-order chi connectivity index (χ1) is 12.8. The monoisotopic (exact) mass is 364 g/mol. The van der Waals surface area contributed by atoms with Crippen LogP contribution in [0.3, 0.4) is 0 Å². The van der Waals surface area contributed by atoms with Crippen molar-refractivity contribution in [2.45, 2.75) is 19.4 Å². The topological polar surface area (TPSA) is 85.6 Å². The number of para-hydroxylation sites is 1. The molecule has 1 aromatic carbocycles. The summed E-state index contributed by atoms with van der Waals surface area (Å²) in [6, 6.07) is 11.8. The third-order valence-corrected chi connectivity index (χ3v) is 4.98. The van der Waals surface area contributed by atoms with Gasteiger partial charge in [0.2, 0.25) is 5.91 Å². The molecule has 26 heavy (non-hydrogen) atoms. The van der Waals surface area contributed by atoms with Crippen LogP contribution in [-0.4, -0.2) is 30.6 Å². The van der Waals surface area contributed by atoms with Crippen LogP contribution in [0.1, 0.15) is 17.0 Å². The van der Waals surface area contributed by atoms with E-state index in [2.05, 4.69) is 25.4 Å². The van der Waals surface area contributed by atoms with Crippen molar-refractivity contribution in [1.82, 2.24) is 30.0 Å². The highest BCUT2D eigenvalue weighted by Gasteiger charge is 2.10. The van der Waals surface area contributed by atoms with Gasteiger partial charge in [0, 0.05) is 31.1 Å². The molecule has 4 aromatic rings. The molecular formula is C18H16N6OS. The molecule has 3 aromatic heterocycles. The molecule has 0 atom stereocenters. The summed E-state index contributed by atoms with van der Waals surface area (Å²) >= 11 is 1.63. The number of fused-ring (bicyclic) bond motifs is 1. The largest absolute Gasteiger partial charge is 0.352 e. The minimum absolute atomic E-state index is 0.0161. The maximum absolute atomic E-state index is 12.2. The number of benzene rings is 1. The molecule has 7 nitrogen and oxygen atoms in total. The van der Waals surface area contributed by atoms with Crippen molar-refractivity contribution in [3.05, 3.63) is 65.8 Å². The fraction of sp³-hybridized carbons (Fsp3) is 0.167. The van der Waals surface area contributed by atoms with Crippen molar-refractivity contribution >= 4 is 27.5 Å². The van der Waals surface area contributed by atoms with Gasteiger partial charge in [-0.1, -0.05) is 18.2 Å². The van der Waals surface area contributed by atoms with Crippen LogP contribution in [0.15, 0.2) is 55.2 Å². The number of aromatic nitrogens is 5. The molecule has 0 saturated heterocycles. The Labute approximate surface area is 153 Å². The van der Waals surface area contributed by atoms with Gasteiger partial charge in [-0.25, -0.2) is 19.6 Å². The highest BCUT2D eigenvalue weighted by Crippen LogP contribution is 2.22. The van der Waals surface area contributed by atoms with E-state index in [1.807, 2.05) is 36.4 Å². The minimum atomic E-state index is -0.0161. The molecule has 0 fully saturated rings. The summed E-state index contributed by atoms with van der Waals surface area (Å²) in [7, 11) is 0. The van der Waals surface area contributed by atoms with Crippen LogP contribution >= 0.6 is 11.3 Å². The Morgan fingerprint density at radius 1 is 1.19 bits per heavy atom. The molecule has 0 aliphatic rings. The van der Waals surface area contributed by atoms with Gasteiger partial charge < -0.3 is 5.32 Å². The lowest BCUT2D eigenvalue weighted by Crippen LogP contribution is -2.24. The van der Waals surface area contributed by atoms with Crippen LogP contribution in [-0.2, 0) is 17.8 Å². The number of carbonyl (C=O) groups excluding carboxylic acids is 1. The molecule has 4 rings (SSSR count). The molecule has 0 aliphatic heterocycles. The first-order valence-corrected chi connectivity index (χ1v) is 9.01. The molecule has 0 aliphatic carbocycles. The van der Waals surface area contributed by atoms with Crippen molar-refractivity contribution < 1.29 is 4.79 Å². The first kappa shape index (κ1) is 16.3. The molecule has 0 bridgehead atoms. The van der Waals surface area contributed by atoms with Gasteiger partial charge in [-0.05, 0) is 18.2 Å². The van der Waals surface area contributed by atoms with E-state index in [0.29, 0.717) is 25.2 Å². The fourth-order valence-corrected chi connectivity index (χ4v) is 3.59. The van der Waals surface area contributed by atoms with E-state index in [-0.39, 0.29) is 5.91 Å². The Hall–Kier alpha value is -3.13. The number of aryl methyl sites for hydroxylation is 1. The number of thiazole rings is 1. The van der Waals surface area contributed by atoms with Crippen molar-refractivity contribution in [2.24, 2.45) is 0 Å². The summed E-state index contributed by atoms with van der Waals surface area (Å²) in [6.07, 6.45) is 5.76. The zero-order valence-electron chi connectivity index (χ0n) is 13.9. The van der Waals surface area contributed by atoms with E-state index in [1.165, 1.54) is 6.33 Å². The fourth-order valence-electron chi connectivity index (χ4n) is 2.62. The SMILES string of the molecule is O=C(CCc1nc2ccccc2s1)NCc1cccnc1-n1cncn1. The number of carbonyl (C=O) groups is 1. The summed E-state index contributed by atoms with van der Waals surface area (Å²) in [5, 5.41) is 8.01. The van der Waals surface area contributed by atoms with Crippen LogP contribution in [0.25, 0.3) is 16.0 Å². The number of nitrogens with one attached hydrogen (secondary N) is 1. The molecule has 0 saturated carbocycles. The van der Waals surface area contributed by atoms with Gasteiger partial charge in [-0.2, -0.15) is 5.10 Å². The number of hydrogen-bond acceptors (Lipinski definition) is 6. The second-order valence-corrected chi connectivity index (χ2v) is 6.79. The van der Waals surface area contributed by atoms with Crippen LogP contribution in [0.5, 0.6) is 0 Å². The zero-order chi connectivity index (χ0) is 17.8. The smallest absolute Gasteiger partial charge is 0.220 e. The molecular weight excluding hydrogens is 348 g/mol. The summed E-state index contributed by atoms with van der Waals surface area (Å²) < 4.78 is 2.73. The second-order valence-electron chi connectivity index (χ2n) is 5.68. The van der Waals surface area contributed by atoms with Gasteiger partial charge in [-0.15, -0.1) is 11.3 Å². The van der Waals surface area contributed by atoms with Crippen LogP contribution < -0.4 is 5.32 Å². The third-order valence-electron chi connectivity index (χ3n) is 3.88. The Kier molecular flexibility index (Phi) is 4.65. The highest BCUT2D eigenvalue weighted by atomic mass is 32.1. The molecule has 1 amide bonds. The Morgan fingerprint density at radius 3 is 2.96 bits per heavy atom. The average molecular weight is 364 g/mol.